The maximum atomic E-state index is 11.8. The van der Waals surface area contributed by atoms with Crippen molar-refractivity contribution in [3.05, 3.63) is 0 Å². The van der Waals surface area contributed by atoms with Crippen molar-refractivity contribution in [3.8, 4) is 0 Å². The summed E-state index contributed by atoms with van der Waals surface area (Å²) in [5.41, 5.74) is -0.397. The SMILES string of the molecule is CC(C)C[C@H](NC(=O)OC(C)(C)C)C(C)(C)C. The van der Waals surface area contributed by atoms with Gasteiger partial charge in [-0.25, -0.2) is 4.79 Å². The Morgan fingerprint density at radius 3 is 1.88 bits per heavy atom. The lowest BCUT2D eigenvalue weighted by Gasteiger charge is -2.33. The number of carbonyl (C=O) groups excluding carboxylic acids is 1. The summed E-state index contributed by atoms with van der Waals surface area (Å²) >= 11 is 0. The Morgan fingerprint density at radius 2 is 1.59 bits per heavy atom. The van der Waals surface area contributed by atoms with Gasteiger partial charge in [0.05, 0.1) is 0 Å². The van der Waals surface area contributed by atoms with E-state index in [2.05, 4.69) is 39.9 Å². The number of nitrogens with one attached hydrogen (secondary N) is 1. The van der Waals surface area contributed by atoms with Crippen LogP contribution in [0.15, 0.2) is 0 Å². The van der Waals surface area contributed by atoms with E-state index in [1.165, 1.54) is 0 Å². The summed E-state index contributed by atoms with van der Waals surface area (Å²) < 4.78 is 5.29. The van der Waals surface area contributed by atoms with Gasteiger partial charge in [0.25, 0.3) is 0 Å². The highest BCUT2D eigenvalue weighted by Crippen LogP contribution is 2.25. The molecule has 0 rings (SSSR count). The first-order valence-corrected chi connectivity index (χ1v) is 6.41. The van der Waals surface area contributed by atoms with Crippen LogP contribution in [-0.2, 0) is 4.74 Å². The van der Waals surface area contributed by atoms with Crippen LogP contribution in [0.4, 0.5) is 4.79 Å². The predicted molar refractivity (Wildman–Crippen MR) is 72.1 cm³/mol. The number of carbonyl (C=O) groups is 1. The largest absolute Gasteiger partial charge is 0.444 e. The van der Waals surface area contributed by atoms with Gasteiger partial charge in [0, 0.05) is 6.04 Å². The van der Waals surface area contributed by atoms with E-state index in [1.807, 2.05) is 20.8 Å². The average molecular weight is 243 g/mol. The minimum Gasteiger partial charge on any atom is -0.444 e. The summed E-state index contributed by atoms with van der Waals surface area (Å²) in [6.45, 7) is 16.4. The quantitative estimate of drug-likeness (QED) is 0.814. The molecule has 0 aliphatic carbocycles. The molecular formula is C14H29NO2. The summed E-state index contributed by atoms with van der Waals surface area (Å²) in [5.74, 6) is 0.550. The van der Waals surface area contributed by atoms with Crippen molar-refractivity contribution in [2.24, 2.45) is 11.3 Å². The third-order valence-corrected chi connectivity index (χ3v) is 2.44. The fourth-order valence-corrected chi connectivity index (χ4v) is 1.55. The van der Waals surface area contributed by atoms with Gasteiger partial charge in [-0.2, -0.15) is 0 Å². The average Bonchev–Trinajstić information content (AvgIpc) is 1.95. The minimum atomic E-state index is -0.440. The molecule has 0 saturated carbocycles. The van der Waals surface area contributed by atoms with E-state index in [4.69, 9.17) is 4.74 Å². The third kappa shape index (κ3) is 8.06. The molecule has 0 fully saturated rings. The topological polar surface area (TPSA) is 38.3 Å². The Bertz CT molecular complexity index is 246. The van der Waals surface area contributed by atoms with Crippen LogP contribution in [0.5, 0.6) is 0 Å². The van der Waals surface area contributed by atoms with Crippen LogP contribution in [-0.4, -0.2) is 17.7 Å². The van der Waals surface area contributed by atoms with E-state index in [0.717, 1.165) is 6.42 Å². The van der Waals surface area contributed by atoms with Gasteiger partial charge in [-0.05, 0) is 38.5 Å². The van der Waals surface area contributed by atoms with Gasteiger partial charge in [0.2, 0.25) is 0 Å². The zero-order chi connectivity index (χ0) is 13.9. The maximum Gasteiger partial charge on any atom is 0.407 e. The van der Waals surface area contributed by atoms with Gasteiger partial charge in [-0.15, -0.1) is 0 Å². The maximum absolute atomic E-state index is 11.8. The highest BCUT2D eigenvalue weighted by molar-refractivity contribution is 5.68. The molecule has 17 heavy (non-hydrogen) atoms. The van der Waals surface area contributed by atoms with Crippen molar-refractivity contribution in [2.75, 3.05) is 0 Å². The van der Waals surface area contributed by atoms with E-state index < -0.39 is 5.60 Å². The van der Waals surface area contributed by atoms with Gasteiger partial charge in [-0.1, -0.05) is 34.6 Å². The zero-order valence-corrected chi connectivity index (χ0v) is 12.7. The van der Waals surface area contributed by atoms with E-state index in [1.54, 1.807) is 0 Å². The summed E-state index contributed by atoms with van der Waals surface area (Å²) in [6.07, 6.45) is 0.640. The minimum absolute atomic E-state index is 0.0428. The number of ether oxygens (including phenoxy) is 1. The lowest BCUT2D eigenvalue weighted by atomic mass is 9.82. The normalized spacial score (nSPS) is 14.6. The molecular weight excluding hydrogens is 214 g/mol. The second kappa shape index (κ2) is 5.74. The first-order chi connectivity index (χ1) is 7.42. The number of alkyl carbamates (subject to hydrolysis) is 1. The Labute approximate surface area is 106 Å². The van der Waals surface area contributed by atoms with Gasteiger partial charge in [-0.3, -0.25) is 0 Å². The molecule has 0 saturated heterocycles. The molecule has 0 bridgehead atoms. The molecule has 0 unspecified atom stereocenters. The van der Waals surface area contributed by atoms with Gasteiger partial charge in [0.1, 0.15) is 5.60 Å². The van der Waals surface area contributed by atoms with Gasteiger partial charge < -0.3 is 10.1 Å². The second-order valence-electron chi connectivity index (χ2n) is 7.19. The van der Waals surface area contributed by atoms with Crippen LogP contribution in [0.1, 0.15) is 61.8 Å². The second-order valence-corrected chi connectivity index (χ2v) is 7.19. The number of hydrogen-bond donors (Lipinski definition) is 1. The first-order valence-electron chi connectivity index (χ1n) is 6.41. The zero-order valence-electron chi connectivity index (χ0n) is 12.7. The van der Waals surface area contributed by atoms with Gasteiger partial charge in [0.15, 0.2) is 0 Å². The highest BCUT2D eigenvalue weighted by atomic mass is 16.6. The standard InChI is InChI=1S/C14H29NO2/c1-10(2)9-11(13(3,4)5)15-12(16)17-14(6,7)8/h10-11H,9H2,1-8H3,(H,15,16)/t11-/m0/s1. The Hall–Kier alpha value is -0.730. The fraction of sp³-hybridized carbons (Fsp3) is 0.929. The van der Waals surface area contributed by atoms with Crippen molar-refractivity contribution in [2.45, 2.75) is 73.5 Å². The third-order valence-electron chi connectivity index (χ3n) is 2.44. The van der Waals surface area contributed by atoms with Gasteiger partial charge >= 0.3 is 6.09 Å². The fourth-order valence-electron chi connectivity index (χ4n) is 1.55. The molecule has 1 atom stereocenters. The van der Waals surface area contributed by atoms with E-state index in [9.17, 15) is 4.79 Å². The Kier molecular flexibility index (Phi) is 5.50. The van der Waals surface area contributed by atoms with Crippen molar-refractivity contribution < 1.29 is 9.53 Å². The van der Waals surface area contributed by atoms with E-state index >= 15 is 0 Å². The summed E-state index contributed by atoms with van der Waals surface area (Å²) in [6, 6.07) is 0.136. The highest BCUT2D eigenvalue weighted by Gasteiger charge is 2.28. The molecule has 0 radical (unpaired) electrons. The van der Waals surface area contributed by atoms with Crippen LogP contribution >= 0.6 is 0 Å². The molecule has 0 aromatic heterocycles. The Balaban J connectivity index is 4.50. The van der Waals surface area contributed by atoms with Crippen LogP contribution in [0.2, 0.25) is 0 Å². The summed E-state index contributed by atoms with van der Waals surface area (Å²) in [4.78, 5) is 11.8. The lowest BCUT2D eigenvalue weighted by Crippen LogP contribution is -2.46. The molecule has 0 spiro atoms. The molecule has 3 heteroatoms. The molecule has 1 amide bonds. The number of amides is 1. The van der Waals surface area contributed by atoms with Crippen LogP contribution in [0.25, 0.3) is 0 Å². The molecule has 1 N–H and O–H groups in total. The number of rotatable bonds is 3. The van der Waals surface area contributed by atoms with E-state index in [0.29, 0.717) is 5.92 Å². The summed E-state index contributed by atoms with van der Waals surface area (Å²) in [5, 5.41) is 2.98. The van der Waals surface area contributed by atoms with Crippen molar-refractivity contribution >= 4 is 6.09 Å². The monoisotopic (exact) mass is 243 g/mol. The molecule has 3 nitrogen and oxygen atoms in total. The lowest BCUT2D eigenvalue weighted by molar-refractivity contribution is 0.0452. The number of hydrogen-bond acceptors (Lipinski definition) is 2. The molecule has 102 valence electrons. The van der Waals surface area contributed by atoms with Crippen molar-refractivity contribution in [3.63, 3.8) is 0 Å². The van der Waals surface area contributed by atoms with Crippen molar-refractivity contribution in [1.82, 2.24) is 5.32 Å². The van der Waals surface area contributed by atoms with Crippen molar-refractivity contribution in [1.29, 1.82) is 0 Å². The van der Waals surface area contributed by atoms with E-state index in [-0.39, 0.29) is 17.6 Å². The first kappa shape index (κ1) is 16.3. The molecule has 0 aliphatic heterocycles. The molecule has 0 heterocycles. The van der Waals surface area contributed by atoms with Crippen LogP contribution in [0.3, 0.4) is 0 Å². The molecule has 0 aromatic rings. The Morgan fingerprint density at radius 1 is 1.12 bits per heavy atom. The van der Waals surface area contributed by atoms with Crippen LogP contribution < -0.4 is 5.32 Å². The molecule has 0 aliphatic rings. The molecule has 0 aromatic carbocycles. The predicted octanol–water partition coefficient (Wildman–Crippen LogP) is 3.97. The summed E-state index contributed by atoms with van der Waals surface area (Å²) in [7, 11) is 0. The van der Waals surface area contributed by atoms with Crippen LogP contribution in [0, 0.1) is 11.3 Å². The smallest absolute Gasteiger partial charge is 0.407 e.